The van der Waals surface area contributed by atoms with E-state index in [0.717, 1.165) is 20.7 Å². The normalized spacial score (nSPS) is 10.5. The number of nitrogens with zero attached hydrogens (tertiary/aromatic N) is 1. The summed E-state index contributed by atoms with van der Waals surface area (Å²) in [6.45, 7) is 0. The first-order valence-electron chi connectivity index (χ1n) is 5.57. The van der Waals surface area contributed by atoms with Crippen LogP contribution < -0.4 is 0 Å². The molecule has 0 saturated heterocycles. The maximum absolute atomic E-state index is 11.1. The summed E-state index contributed by atoms with van der Waals surface area (Å²) < 4.78 is 5.54. The highest BCUT2D eigenvalue weighted by molar-refractivity contribution is 9.10. The van der Waals surface area contributed by atoms with Crippen LogP contribution in [0.5, 0.6) is 0 Å². The number of esters is 1. The molecule has 3 nitrogen and oxygen atoms in total. The van der Waals surface area contributed by atoms with Crippen LogP contribution in [0.15, 0.2) is 28.1 Å². The summed E-state index contributed by atoms with van der Waals surface area (Å²) in [5.41, 5.74) is 1.78. The molecule has 0 aliphatic carbocycles. The number of thiazole rings is 1. The molecule has 0 fully saturated rings. The van der Waals surface area contributed by atoms with Crippen molar-refractivity contribution in [1.29, 1.82) is 0 Å². The van der Waals surface area contributed by atoms with Crippen LogP contribution in [-0.2, 0) is 16.0 Å². The predicted molar refractivity (Wildman–Crippen MR) is 80.6 cm³/mol. The number of benzene rings is 1. The van der Waals surface area contributed by atoms with Gasteiger partial charge in [-0.05, 0) is 18.2 Å². The maximum atomic E-state index is 11.1. The van der Waals surface area contributed by atoms with Crippen molar-refractivity contribution >= 4 is 44.8 Å². The molecule has 0 aliphatic heterocycles. The molecule has 0 bridgehead atoms. The average Bonchev–Trinajstić information content (AvgIpc) is 2.84. The molecule has 0 saturated carbocycles. The number of ether oxygens (including phenoxy) is 1. The first kappa shape index (κ1) is 14.5. The Kier molecular flexibility index (Phi) is 4.96. The number of aromatic nitrogens is 1. The number of aryl methyl sites for hydroxylation is 1. The molecule has 0 radical (unpaired) electrons. The number of halogens is 2. The van der Waals surface area contributed by atoms with Crippen molar-refractivity contribution in [3.8, 4) is 10.6 Å². The molecule has 1 aromatic carbocycles. The van der Waals surface area contributed by atoms with E-state index in [4.69, 9.17) is 11.6 Å². The molecule has 0 spiro atoms. The Morgan fingerprint density at radius 2 is 2.32 bits per heavy atom. The van der Waals surface area contributed by atoms with E-state index >= 15 is 0 Å². The molecule has 2 rings (SSSR count). The van der Waals surface area contributed by atoms with E-state index in [-0.39, 0.29) is 5.97 Å². The topological polar surface area (TPSA) is 39.2 Å². The second-order valence-electron chi connectivity index (χ2n) is 3.84. The fourth-order valence-corrected chi connectivity index (χ4v) is 3.25. The molecule has 2 aromatic rings. The zero-order valence-corrected chi connectivity index (χ0v) is 13.3. The van der Waals surface area contributed by atoms with Crippen molar-refractivity contribution in [1.82, 2.24) is 4.98 Å². The van der Waals surface area contributed by atoms with Gasteiger partial charge in [-0.1, -0.05) is 27.5 Å². The minimum Gasteiger partial charge on any atom is -0.469 e. The van der Waals surface area contributed by atoms with Crippen LogP contribution in [-0.4, -0.2) is 18.1 Å². The van der Waals surface area contributed by atoms with Gasteiger partial charge in [-0.3, -0.25) is 4.79 Å². The summed E-state index contributed by atoms with van der Waals surface area (Å²) in [6, 6.07) is 5.69. The lowest BCUT2D eigenvalue weighted by Crippen LogP contribution is -2.01. The fourth-order valence-electron chi connectivity index (χ4n) is 1.54. The van der Waals surface area contributed by atoms with Crippen molar-refractivity contribution in [3.05, 3.63) is 38.8 Å². The van der Waals surface area contributed by atoms with Crippen LogP contribution in [0.1, 0.15) is 12.1 Å². The second kappa shape index (κ2) is 6.50. The number of rotatable bonds is 4. The molecule has 0 aliphatic rings. The Labute approximate surface area is 128 Å². The van der Waals surface area contributed by atoms with Gasteiger partial charge in [0.2, 0.25) is 0 Å². The smallest absolute Gasteiger partial charge is 0.305 e. The van der Waals surface area contributed by atoms with Crippen molar-refractivity contribution in [2.75, 3.05) is 7.11 Å². The number of hydrogen-bond donors (Lipinski definition) is 0. The number of methoxy groups -OCH3 is 1. The van der Waals surface area contributed by atoms with Crippen molar-refractivity contribution in [2.24, 2.45) is 0 Å². The first-order chi connectivity index (χ1) is 9.10. The third-order valence-corrected chi connectivity index (χ3v) is 4.26. The van der Waals surface area contributed by atoms with Crippen LogP contribution in [0.4, 0.5) is 0 Å². The summed E-state index contributed by atoms with van der Waals surface area (Å²) in [6.07, 6.45) is 0.922. The Morgan fingerprint density at radius 1 is 1.53 bits per heavy atom. The van der Waals surface area contributed by atoms with Gasteiger partial charge in [0.15, 0.2) is 0 Å². The number of carbonyl (C=O) groups excluding carboxylic acids is 1. The van der Waals surface area contributed by atoms with Gasteiger partial charge in [0, 0.05) is 21.8 Å². The monoisotopic (exact) mass is 359 g/mol. The third kappa shape index (κ3) is 3.78. The van der Waals surface area contributed by atoms with Crippen LogP contribution in [0.25, 0.3) is 10.6 Å². The zero-order valence-electron chi connectivity index (χ0n) is 10.2. The lowest BCUT2D eigenvalue weighted by atomic mass is 10.2. The van der Waals surface area contributed by atoms with E-state index in [1.165, 1.54) is 18.4 Å². The minimum atomic E-state index is -0.226. The van der Waals surface area contributed by atoms with E-state index in [2.05, 4.69) is 25.7 Å². The zero-order chi connectivity index (χ0) is 13.8. The van der Waals surface area contributed by atoms with E-state index in [0.29, 0.717) is 17.9 Å². The summed E-state index contributed by atoms with van der Waals surface area (Å²) >= 11 is 11.1. The maximum Gasteiger partial charge on any atom is 0.305 e. The molecule has 0 atom stereocenters. The van der Waals surface area contributed by atoms with E-state index in [1.807, 2.05) is 23.6 Å². The van der Waals surface area contributed by atoms with Gasteiger partial charge in [0.05, 0.1) is 24.2 Å². The first-order valence-corrected chi connectivity index (χ1v) is 7.62. The molecule has 0 unspecified atom stereocenters. The van der Waals surface area contributed by atoms with Gasteiger partial charge in [0.25, 0.3) is 0 Å². The van der Waals surface area contributed by atoms with E-state index in [1.54, 1.807) is 0 Å². The van der Waals surface area contributed by atoms with Gasteiger partial charge in [-0.2, -0.15) is 0 Å². The van der Waals surface area contributed by atoms with Crippen LogP contribution in [0.3, 0.4) is 0 Å². The predicted octanol–water partition coefficient (Wildman–Crippen LogP) is 4.33. The largest absolute Gasteiger partial charge is 0.469 e. The quantitative estimate of drug-likeness (QED) is 0.762. The lowest BCUT2D eigenvalue weighted by Gasteiger charge is -2.00. The fraction of sp³-hybridized carbons (Fsp3) is 0.231. The lowest BCUT2D eigenvalue weighted by molar-refractivity contribution is -0.140. The van der Waals surface area contributed by atoms with Gasteiger partial charge in [-0.15, -0.1) is 11.3 Å². The van der Waals surface area contributed by atoms with Gasteiger partial charge in [0.1, 0.15) is 5.01 Å². The Morgan fingerprint density at radius 3 is 3.00 bits per heavy atom. The second-order valence-corrected chi connectivity index (χ2v) is 6.03. The minimum absolute atomic E-state index is 0.226. The highest BCUT2D eigenvalue weighted by atomic mass is 79.9. The Bertz CT molecular complexity index is 600. The van der Waals surface area contributed by atoms with Crippen molar-refractivity contribution < 1.29 is 9.53 Å². The van der Waals surface area contributed by atoms with Crippen molar-refractivity contribution in [3.63, 3.8) is 0 Å². The Balaban J connectivity index is 2.14. The third-order valence-electron chi connectivity index (χ3n) is 2.53. The van der Waals surface area contributed by atoms with Crippen LogP contribution in [0, 0.1) is 0 Å². The molecule has 100 valence electrons. The molecule has 19 heavy (non-hydrogen) atoms. The van der Waals surface area contributed by atoms with Crippen LogP contribution >= 0.6 is 38.9 Å². The van der Waals surface area contributed by atoms with Crippen LogP contribution in [0.2, 0.25) is 5.02 Å². The van der Waals surface area contributed by atoms with E-state index < -0.39 is 0 Å². The SMILES string of the molecule is COC(=O)CCc1csc(-c2ccc(Br)cc2Cl)n1. The molecular formula is C13H11BrClNO2S. The summed E-state index contributed by atoms with van der Waals surface area (Å²) in [5, 5.41) is 3.46. The molecule has 0 amide bonds. The molecule has 1 heterocycles. The number of carbonyl (C=O) groups is 1. The molecular weight excluding hydrogens is 350 g/mol. The van der Waals surface area contributed by atoms with E-state index in [9.17, 15) is 4.79 Å². The number of hydrogen-bond acceptors (Lipinski definition) is 4. The highest BCUT2D eigenvalue weighted by Crippen LogP contribution is 2.32. The van der Waals surface area contributed by atoms with Crippen molar-refractivity contribution in [2.45, 2.75) is 12.8 Å². The Hall–Kier alpha value is -0.910. The molecule has 1 aromatic heterocycles. The van der Waals surface area contributed by atoms with Gasteiger partial charge < -0.3 is 4.74 Å². The summed E-state index contributed by atoms with van der Waals surface area (Å²) in [7, 11) is 1.39. The standard InChI is InChI=1S/C13H11BrClNO2S/c1-18-12(17)5-3-9-7-19-13(16-9)10-4-2-8(14)6-11(10)15/h2,4,6-7H,3,5H2,1H3. The average molecular weight is 361 g/mol. The summed E-state index contributed by atoms with van der Waals surface area (Å²) in [4.78, 5) is 15.6. The summed E-state index contributed by atoms with van der Waals surface area (Å²) in [5.74, 6) is -0.226. The molecule has 0 N–H and O–H groups in total. The van der Waals surface area contributed by atoms with Gasteiger partial charge >= 0.3 is 5.97 Å². The highest BCUT2D eigenvalue weighted by Gasteiger charge is 2.10. The van der Waals surface area contributed by atoms with Gasteiger partial charge in [-0.25, -0.2) is 4.98 Å². The molecule has 6 heteroatoms.